The van der Waals surface area contributed by atoms with Crippen molar-refractivity contribution in [1.29, 1.82) is 0 Å². The second-order valence-corrected chi connectivity index (χ2v) is 5.58. The molecule has 100 valence electrons. The zero-order valence-corrected chi connectivity index (χ0v) is 12.4. The van der Waals surface area contributed by atoms with E-state index in [4.69, 9.17) is 11.6 Å². The van der Waals surface area contributed by atoms with Gasteiger partial charge in [0.2, 0.25) is 0 Å². The standard InChI is InChI=1S/C15H8BrClFNO/c16-11-6-8(18)4-5-9(11)15(20)10-7-19-13-3-1-2-12(17)14(10)13/h1-7,19H. The predicted octanol–water partition coefficient (Wildman–Crippen LogP) is 4.95. The Bertz CT molecular complexity index is 828. The van der Waals surface area contributed by atoms with Crippen molar-refractivity contribution in [3.63, 3.8) is 0 Å². The third-order valence-corrected chi connectivity index (χ3v) is 4.05. The Morgan fingerprint density at radius 2 is 2.00 bits per heavy atom. The van der Waals surface area contributed by atoms with Crippen LogP contribution in [-0.2, 0) is 0 Å². The number of benzene rings is 2. The van der Waals surface area contributed by atoms with Crippen molar-refractivity contribution in [1.82, 2.24) is 4.98 Å². The Hall–Kier alpha value is -1.65. The second kappa shape index (κ2) is 5.04. The van der Waals surface area contributed by atoms with E-state index in [-0.39, 0.29) is 5.78 Å². The molecule has 3 aromatic rings. The van der Waals surface area contributed by atoms with E-state index in [0.717, 1.165) is 5.52 Å². The first-order valence-corrected chi connectivity index (χ1v) is 7.00. The van der Waals surface area contributed by atoms with Crippen LogP contribution in [0.4, 0.5) is 4.39 Å². The Kier molecular flexibility index (Phi) is 3.36. The van der Waals surface area contributed by atoms with Gasteiger partial charge in [0.1, 0.15) is 5.82 Å². The van der Waals surface area contributed by atoms with Crippen LogP contribution in [0.15, 0.2) is 47.1 Å². The van der Waals surface area contributed by atoms with Crippen LogP contribution in [0.2, 0.25) is 5.02 Å². The molecule has 0 aliphatic heterocycles. The van der Waals surface area contributed by atoms with Gasteiger partial charge in [0.05, 0.1) is 5.02 Å². The first-order valence-electron chi connectivity index (χ1n) is 5.83. The fraction of sp³-hybridized carbons (Fsp3) is 0. The molecular formula is C15H8BrClFNO. The molecule has 0 saturated heterocycles. The molecule has 1 aromatic heterocycles. The molecule has 1 N–H and O–H groups in total. The van der Waals surface area contributed by atoms with E-state index in [1.54, 1.807) is 12.3 Å². The number of ketones is 1. The lowest BCUT2D eigenvalue weighted by atomic mass is 10.0. The van der Waals surface area contributed by atoms with Crippen LogP contribution in [0.5, 0.6) is 0 Å². The van der Waals surface area contributed by atoms with Crippen molar-refractivity contribution < 1.29 is 9.18 Å². The third-order valence-electron chi connectivity index (χ3n) is 3.08. The number of carbonyl (C=O) groups excluding carboxylic acids is 1. The monoisotopic (exact) mass is 351 g/mol. The van der Waals surface area contributed by atoms with Gasteiger partial charge < -0.3 is 4.98 Å². The highest BCUT2D eigenvalue weighted by Gasteiger charge is 2.18. The Morgan fingerprint density at radius 3 is 2.75 bits per heavy atom. The average Bonchev–Trinajstić information content (AvgIpc) is 2.83. The molecule has 0 aliphatic carbocycles. The Morgan fingerprint density at radius 1 is 1.20 bits per heavy atom. The van der Waals surface area contributed by atoms with Crippen LogP contribution in [-0.4, -0.2) is 10.8 Å². The number of fused-ring (bicyclic) bond motifs is 1. The molecule has 20 heavy (non-hydrogen) atoms. The molecule has 5 heteroatoms. The minimum atomic E-state index is -0.398. The summed E-state index contributed by atoms with van der Waals surface area (Å²) >= 11 is 9.37. The summed E-state index contributed by atoms with van der Waals surface area (Å²) in [6, 6.07) is 9.37. The fourth-order valence-electron chi connectivity index (χ4n) is 2.14. The van der Waals surface area contributed by atoms with Crippen molar-refractivity contribution in [3.8, 4) is 0 Å². The molecule has 0 aliphatic rings. The predicted molar refractivity (Wildman–Crippen MR) is 80.8 cm³/mol. The highest BCUT2D eigenvalue weighted by Crippen LogP contribution is 2.30. The lowest BCUT2D eigenvalue weighted by Crippen LogP contribution is -2.02. The zero-order valence-electron chi connectivity index (χ0n) is 10.1. The normalized spacial score (nSPS) is 10.9. The number of aromatic nitrogens is 1. The van der Waals surface area contributed by atoms with Gasteiger partial charge in [-0.25, -0.2) is 4.39 Å². The van der Waals surface area contributed by atoms with Crippen LogP contribution in [0.3, 0.4) is 0 Å². The van der Waals surface area contributed by atoms with Crippen molar-refractivity contribution in [3.05, 3.63) is 69.0 Å². The van der Waals surface area contributed by atoms with Crippen molar-refractivity contribution in [2.45, 2.75) is 0 Å². The van der Waals surface area contributed by atoms with E-state index >= 15 is 0 Å². The summed E-state index contributed by atoms with van der Waals surface area (Å²) < 4.78 is 13.5. The molecular weight excluding hydrogens is 345 g/mol. The molecule has 3 rings (SSSR count). The van der Waals surface area contributed by atoms with Gasteiger partial charge in [-0.3, -0.25) is 4.79 Å². The molecule has 1 heterocycles. The van der Waals surface area contributed by atoms with Crippen LogP contribution >= 0.6 is 27.5 Å². The van der Waals surface area contributed by atoms with Gasteiger partial charge in [-0.1, -0.05) is 17.7 Å². The van der Waals surface area contributed by atoms with E-state index in [0.29, 0.717) is 26.0 Å². The second-order valence-electron chi connectivity index (χ2n) is 4.32. The number of aromatic amines is 1. The van der Waals surface area contributed by atoms with Crippen molar-refractivity contribution in [2.24, 2.45) is 0 Å². The number of nitrogens with one attached hydrogen (secondary N) is 1. The number of hydrogen-bond donors (Lipinski definition) is 1. The summed E-state index contributed by atoms with van der Waals surface area (Å²) in [4.78, 5) is 15.6. The number of rotatable bonds is 2. The molecule has 0 radical (unpaired) electrons. The van der Waals surface area contributed by atoms with E-state index in [2.05, 4.69) is 20.9 Å². The van der Waals surface area contributed by atoms with Gasteiger partial charge in [-0.15, -0.1) is 0 Å². The summed E-state index contributed by atoms with van der Waals surface area (Å²) in [6.45, 7) is 0. The largest absolute Gasteiger partial charge is 0.360 e. The zero-order chi connectivity index (χ0) is 14.3. The lowest BCUT2D eigenvalue weighted by molar-refractivity contribution is 0.103. The summed E-state index contributed by atoms with van der Waals surface area (Å²) in [7, 11) is 0. The van der Waals surface area contributed by atoms with Crippen LogP contribution in [0.1, 0.15) is 15.9 Å². The summed E-state index contributed by atoms with van der Waals surface area (Å²) in [6.07, 6.45) is 1.62. The SMILES string of the molecule is O=C(c1ccc(F)cc1Br)c1c[nH]c2cccc(Cl)c12. The third kappa shape index (κ3) is 2.15. The number of halogens is 3. The van der Waals surface area contributed by atoms with Gasteiger partial charge in [0.25, 0.3) is 0 Å². The van der Waals surface area contributed by atoms with E-state index < -0.39 is 5.82 Å². The van der Waals surface area contributed by atoms with Gasteiger partial charge in [0, 0.05) is 32.7 Å². The molecule has 2 aromatic carbocycles. The molecule has 0 unspecified atom stereocenters. The van der Waals surface area contributed by atoms with Crippen LogP contribution in [0.25, 0.3) is 10.9 Å². The van der Waals surface area contributed by atoms with Crippen LogP contribution < -0.4 is 0 Å². The lowest BCUT2D eigenvalue weighted by Gasteiger charge is -2.04. The Labute approximate surface area is 127 Å². The van der Waals surface area contributed by atoms with E-state index in [1.165, 1.54) is 18.2 Å². The van der Waals surface area contributed by atoms with Gasteiger partial charge in [-0.05, 0) is 46.3 Å². The number of carbonyl (C=O) groups is 1. The highest BCUT2D eigenvalue weighted by atomic mass is 79.9. The maximum Gasteiger partial charge on any atom is 0.196 e. The summed E-state index contributed by atoms with van der Waals surface area (Å²) in [5.41, 5.74) is 1.66. The van der Waals surface area contributed by atoms with E-state index in [9.17, 15) is 9.18 Å². The Balaban J connectivity index is 2.18. The minimum absolute atomic E-state index is 0.212. The number of hydrogen-bond acceptors (Lipinski definition) is 1. The average molecular weight is 353 g/mol. The highest BCUT2D eigenvalue weighted by molar-refractivity contribution is 9.10. The van der Waals surface area contributed by atoms with Crippen molar-refractivity contribution in [2.75, 3.05) is 0 Å². The first-order chi connectivity index (χ1) is 9.58. The molecule has 0 spiro atoms. The quantitative estimate of drug-likeness (QED) is 0.650. The maximum absolute atomic E-state index is 13.1. The molecule has 0 amide bonds. The first kappa shape index (κ1) is 13.3. The summed E-state index contributed by atoms with van der Waals surface area (Å²) in [5.74, 6) is -0.610. The smallest absolute Gasteiger partial charge is 0.196 e. The number of H-pyrrole nitrogens is 1. The van der Waals surface area contributed by atoms with Gasteiger partial charge >= 0.3 is 0 Å². The minimum Gasteiger partial charge on any atom is -0.360 e. The summed E-state index contributed by atoms with van der Waals surface area (Å²) in [5, 5.41) is 1.18. The topological polar surface area (TPSA) is 32.9 Å². The van der Waals surface area contributed by atoms with Gasteiger partial charge in [0.15, 0.2) is 5.78 Å². The molecule has 0 atom stereocenters. The maximum atomic E-state index is 13.1. The van der Waals surface area contributed by atoms with Crippen molar-refractivity contribution >= 4 is 44.2 Å². The molecule has 0 saturated carbocycles. The van der Waals surface area contributed by atoms with Gasteiger partial charge in [-0.2, -0.15) is 0 Å². The fourth-order valence-corrected chi connectivity index (χ4v) is 2.95. The van der Waals surface area contributed by atoms with Crippen LogP contribution in [0, 0.1) is 5.82 Å². The molecule has 0 bridgehead atoms. The molecule has 0 fully saturated rings. The molecule has 2 nitrogen and oxygen atoms in total. The van der Waals surface area contributed by atoms with E-state index in [1.807, 2.05) is 12.1 Å².